The predicted octanol–water partition coefficient (Wildman–Crippen LogP) is 2.83. The molecule has 0 saturated heterocycles. The number of hydroxylamine groups is 2. The average Bonchev–Trinajstić information content (AvgIpc) is 2.84. The number of hydrogen-bond donors (Lipinski definition) is 3. The van der Waals surface area contributed by atoms with Crippen molar-refractivity contribution >= 4 is 6.08 Å². The lowest BCUT2D eigenvalue weighted by atomic mass is 10.2. The maximum absolute atomic E-state index is 9.70. The first-order valence-corrected chi connectivity index (χ1v) is 5.54. The van der Waals surface area contributed by atoms with Gasteiger partial charge >= 0.3 is 0 Å². The van der Waals surface area contributed by atoms with E-state index in [1.807, 2.05) is 6.08 Å². The summed E-state index contributed by atoms with van der Waals surface area (Å²) in [7, 11) is 0. The van der Waals surface area contributed by atoms with E-state index in [4.69, 9.17) is 5.11 Å². The molecule has 4 nitrogen and oxygen atoms in total. The van der Waals surface area contributed by atoms with Crippen LogP contribution in [-0.2, 0) is 0 Å². The van der Waals surface area contributed by atoms with E-state index in [-0.39, 0.29) is 11.5 Å². The Hall–Kier alpha value is -1.94. The summed E-state index contributed by atoms with van der Waals surface area (Å²) in [5.74, 6) is -0.321. The molecule has 0 saturated carbocycles. The van der Waals surface area contributed by atoms with E-state index in [0.717, 1.165) is 30.0 Å². The van der Waals surface area contributed by atoms with Crippen LogP contribution in [0.3, 0.4) is 0 Å². The third-order valence-corrected chi connectivity index (χ3v) is 2.72. The van der Waals surface area contributed by atoms with Crippen LogP contribution in [-0.4, -0.2) is 20.5 Å². The van der Waals surface area contributed by atoms with Crippen molar-refractivity contribution in [3.05, 3.63) is 41.7 Å². The van der Waals surface area contributed by atoms with Gasteiger partial charge in [0.2, 0.25) is 0 Å². The molecule has 0 atom stereocenters. The van der Waals surface area contributed by atoms with Crippen LogP contribution in [0.5, 0.6) is 11.5 Å². The van der Waals surface area contributed by atoms with Crippen LogP contribution >= 0.6 is 0 Å². The maximum atomic E-state index is 9.70. The van der Waals surface area contributed by atoms with Crippen molar-refractivity contribution in [3.8, 4) is 11.5 Å². The van der Waals surface area contributed by atoms with Crippen molar-refractivity contribution in [1.29, 1.82) is 0 Å². The van der Waals surface area contributed by atoms with Crippen LogP contribution in [0.4, 0.5) is 0 Å². The zero-order valence-corrected chi connectivity index (χ0v) is 9.37. The van der Waals surface area contributed by atoms with Crippen molar-refractivity contribution in [2.75, 3.05) is 0 Å². The molecule has 17 heavy (non-hydrogen) atoms. The molecular formula is C13H15NO3. The van der Waals surface area contributed by atoms with Crippen molar-refractivity contribution in [2.24, 2.45) is 0 Å². The SMILES string of the molecule is Oc1ccc(/C=C/N(O)C2=CCCC2)cc1O. The zero-order chi connectivity index (χ0) is 12.3. The molecule has 1 aromatic carbocycles. The second-order valence-electron chi connectivity index (χ2n) is 4.00. The molecular weight excluding hydrogens is 218 g/mol. The molecule has 1 aromatic rings. The number of hydrogen-bond acceptors (Lipinski definition) is 4. The maximum Gasteiger partial charge on any atom is 0.157 e. The molecule has 0 spiro atoms. The van der Waals surface area contributed by atoms with Gasteiger partial charge in [0.15, 0.2) is 11.5 Å². The molecule has 0 bridgehead atoms. The van der Waals surface area contributed by atoms with Crippen molar-refractivity contribution in [3.63, 3.8) is 0 Å². The first-order chi connectivity index (χ1) is 8.16. The number of phenolic OH excluding ortho intramolecular Hbond substituents is 2. The normalized spacial score (nSPS) is 15.2. The number of nitrogens with zero attached hydrogens (tertiary/aromatic N) is 1. The molecule has 3 N–H and O–H groups in total. The fourth-order valence-electron chi connectivity index (χ4n) is 1.76. The molecule has 2 rings (SSSR count). The molecule has 0 heterocycles. The Bertz CT molecular complexity index is 466. The lowest BCUT2D eigenvalue weighted by Crippen LogP contribution is -2.08. The molecule has 4 heteroatoms. The van der Waals surface area contributed by atoms with Crippen molar-refractivity contribution < 1.29 is 15.4 Å². The summed E-state index contributed by atoms with van der Waals surface area (Å²) < 4.78 is 0. The highest BCUT2D eigenvalue weighted by Gasteiger charge is 2.08. The summed E-state index contributed by atoms with van der Waals surface area (Å²) in [6.45, 7) is 0. The van der Waals surface area contributed by atoms with Gasteiger partial charge in [-0.3, -0.25) is 5.21 Å². The van der Waals surface area contributed by atoms with Crippen LogP contribution in [0.15, 0.2) is 36.2 Å². The van der Waals surface area contributed by atoms with Gasteiger partial charge in [0, 0.05) is 11.9 Å². The highest BCUT2D eigenvalue weighted by atomic mass is 16.5. The van der Waals surface area contributed by atoms with Crippen LogP contribution in [0.25, 0.3) is 6.08 Å². The monoisotopic (exact) mass is 233 g/mol. The van der Waals surface area contributed by atoms with E-state index in [1.54, 1.807) is 12.1 Å². The van der Waals surface area contributed by atoms with E-state index >= 15 is 0 Å². The molecule has 1 aliphatic carbocycles. The van der Waals surface area contributed by atoms with E-state index in [1.165, 1.54) is 18.3 Å². The standard InChI is InChI=1S/C13H15NO3/c15-12-6-5-10(9-13(12)16)7-8-14(17)11-3-1-2-4-11/h3,5-9,15-17H,1-2,4H2/b8-7+. The van der Waals surface area contributed by atoms with Gasteiger partial charge in [-0.05, 0) is 43.0 Å². The highest BCUT2D eigenvalue weighted by Crippen LogP contribution is 2.26. The summed E-state index contributed by atoms with van der Waals surface area (Å²) in [5.41, 5.74) is 1.60. The highest BCUT2D eigenvalue weighted by molar-refractivity contribution is 5.54. The van der Waals surface area contributed by atoms with E-state index in [0.29, 0.717) is 5.56 Å². The minimum absolute atomic E-state index is 0.151. The Morgan fingerprint density at radius 2 is 2.00 bits per heavy atom. The fraction of sp³-hybridized carbons (Fsp3) is 0.231. The van der Waals surface area contributed by atoms with Gasteiger partial charge in [0.05, 0.1) is 0 Å². The summed E-state index contributed by atoms with van der Waals surface area (Å²) in [5, 5.41) is 29.3. The largest absolute Gasteiger partial charge is 0.504 e. The summed E-state index contributed by atoms with van der Waals surface area (Å²) in [6, 6.07) is 4.50. The van der Waals surface area contributed by atoms with Crippen molar-refractivity contribution in [1.82, 2.24) is 5.06 Å². The van der Waals surface area contributed by atoms with Gasteiger partial charge < -0.3 is 10.2 Å². The second-order valence-corrected chi connectivity index (χ2v) is 4.00. The van der Waals surface area contributed by atoms with Gasteiger partial charge in [0.25, 0.3) is 0 Å². The van der Waals surface area contributed by atoms with Gasteiger partial charge in [-0.1, -0.05) is 12.1 Å². The predicted molar refractivity (Wildman–Crippen MR) is 64.4 cm³/mol. The second kappa shape index (κ2) is 4.93. The topological polar surface area (TPSA) is 63.9 Å². The van der Waals surface area contributed by atoms with Gasteiger partial charge in [-0.15, -0.1) is 0 Å². The number of allylic oxidation sites excluding steroid dienone is 2. The van der Waals surface area contributed by atoms with Gasteiger partial charge in [-0.2, -0.15) is 0 Å². The van der Waals surface area contributed by atoms with Gasteiger partial charge in [0.1, 0.15) is 0 Å². The molecule has 1 aliphatic rings. The first-order valence-electron chi connectivity index (χ1n) is 5.54. The minimum atomic E-state index is -0.170. The third kappa shape index (κ3) is 2.79. The molecule has 0 aliphatic heterocycles. The van der Waals surface area contributed by atoms with Crippen LogP contribution in [0.2, 0.25) is 0 Å². The van der Waals surface area contributed by atoms with Gasteiger partial charge in [-0.25, -0.2) is 5.06 Å². The first kappa shape index (κ1) is 11.5. The number of aromatic hydroxyl groups is 2. The number of benzene rings is 1. The average molecular weight is 233 g/mol. The fourth-order valence-corrected chi connectivity index (χ4v) is 1.76. The van der Waals surface area contributed by atoms with Crippen LogP contribution < -0.4 is 0 Å². The van der Waals surface area contributed by atoms with Crippen LogP contribution in [0.1, 0.15) is 24.8 Å². The summed E-state index contributed by atoms with van der Waals surface area (Å²) >= 11 is 0. The third-order valence-electron chi connectivity index (χ3n) is 2.72. The molecule has 0 aromatic heterocycles. The Kier molecular flexibility index (Phi) is 3.35. The Labute approximate surface area is 99.7 Å². The molecule has 90 valence electrons. The quantitative estimate of drug-likeness (QED) is 0.555. The van der Waals surface area contributed by atoms with Crippen LogP contribution in [0, 0.1) is 0 Å². The Balaban J connectivity index is 2.06. The minimum Gasteiger partial charge on any atom is -0.504 e. The van der Waals surface area contributed by atoms with Crippen molar-refractivity contribution in [2.45, 2.75) is 19.3 Å². The number of phenols is 2. The smallest absolute Gasteiger partial charge is 0.157 e. The Morgan fingerprint density at radius 1 is 1.18 bits per heavy atom. The van der Waals surface area contributed by atoms with E-state index in [2.05, 4.69) is 0 Å². The lowest BCUT2D eigenvalue weighted by Gasteiger charge is -2.12. The summed E-state index contributed by atoms with van der Waals surface area (Å²) in [6.07, 6.45) is 8.14. The number of rotatable bonds is 3. The zero-order valence-electron chi connectivity index (χ0n) is 9.37. The molecule has 0 fully saturated rings. The Morgan fingerprint density at radius 3 is 2.65 bits per heavy atom. The molecule has 0 amide bonds. The molecule has 0 unspecified atom stereocenters. The lowest BCUT2D eigenvalue weighted by molar-refractivity contribution is -0.00513. The summed E-state index contributed by atoms with van der Waals surface area (Å²) in [4.78, 5) is 0. The van der Waals surface area contributed by atoms with E-state index in [9.17, 15) is 10.3 Å². The van der Waals surface area contributed by atoms with E-state index < -0.39 is 0 Å². The molecule has 0 radical (unpaired) electrons.